The van der Waals surface area contributed by atoms with Crippen molar-refractivity contribution in [3.05, 3.63) is 53.0 Å². The number of hydrogen-bond donors (Lipinski definition) is 0. The zero-order valence-corrected chi connectivity index (χ0v) is 13.9. The monoisotopic (exact) mass is 370 g/mol. The average Bonchev–Trinajstić information content (AvgIpc) is 2.45. The molecule has 0 aliphatic rings. The summed E-state index contributed by atoms with van der Waals surface area (Å²) in [6, 6.07) is 13.9. The van der Waals surface area contributed by atoms with Gasteiger partial charge in [0.05, 0.1) is 4.90 Å². The van der Waals surface area contributed by atoms with Gasteiger partial charge in [-0.2, -0.15) is 0 Å². The third-order valence-electron chi connectivity index (χ3n) is 2.69. The smallest absolute Gasteiger partial charge is 0.175 e. The Balaban J connectivity index is 1.80. The van der Waals surface area contributed by atoms with Gasteiger partial charge >= 0.3 is 0 Å². The summed E-state index contributed by atoms with van der Waals surface area (Å²) in [5.74, 6) is 1.39. The molecule has 0 aliphatic carbocycles. The molecule has 6 heteroatoms. The van der Waals surface area contributed by atoms with E-state index < -0.39 is 9.84 Å². The molecule has 0 aromatic heterocycles. The molecule has 0 aliphatic heterocycles. The van der Waals surface area contributed by atoms with Crippen molar-refractivity contribution in [1.29, 1.82) is 0 Å². The molecule has 0 fully saturated rings. The molecule has 0 saturated carbocycles. The predicted molar refractivity (Wildman–Crippen MR) is 84.7 cm³/mol. The van der Waals surface area contributed by atoms with E-state index in [0.29, 0.717) is 19.0 Å². The van der Waals surface area contributed by atoms with Gasteiger partial charge in [0.15, 0.2) is 9.84 Å². The van der Waals surface area contributed by atoms with E-state index in [0.717, 1.165) is 10.2 Å². The predicted octanol–water partition coefficient (Wildman–Crippen LogP) is 3.31. The van der Waals surface area contributed by atoms with Crippen LogP contribution in [0.15, 0.2) is 57.9 Å². The summed E-state index contributed by atoms with van der Waals surface area (Å²) in [6.45, 7) is 0.795. The number of halogens is 1. The third-order valence-corrected chi connectivity index (χ3v) is 4.34. The fourth-order valence-corrected chi connectivity index (χ4v) is 2.53. The molecule has 0 bridgehead atoms. The fraction of sp³-hybridized carbons (Fsp3) is 0.200. The van der Waals surface area contributed by atoms with Gasteiger partial charge in [-0.1, -0.05) is 15.9 Å². The first-order valence-corrected chi connectivity index (χ1v) is 8.95. The minimum Gasteiger partial charge on any atom is -0.490 e. The number of sulfone groups is 1. The second kappa shape index (κ2) is 6.95. The fourth-order valence-electron chi connectivity index (χ4n) is 1.63. The topological polar surface area (TPSA) is 52.6 Å². The van der Waals surface area contributed by atoms with E-state index in [1.165, 1.54) is 18.4 Å². The average molecular weight is 371 g/mol. The van der Waals surface area contributed by atoms with Gasteiger partial charge in [0.1, 0.15) is 24.7 Å². The SMILES string of the molecule is CS(=O)(=O)c1ccc(OCCOc2ccc(Br)cc2)cc1. The van der Waals surface area contributed by atoms with Gasteiger partial charge in [0.25, 0.3) is 0 Å². The highest BCUT2D eigenvalue weighted by molar-refractivity contribution is 9.10. The van der Waals surface area contributed by atoms with Crippen LogP contribution in [0.1, 0.15) is 0 Å². The number of hydrogen-bond acceptors (Lipinski definition) is 4. The van der Waals surface area contributed by atoms with Crippen LogP contribution in [-0.2, 0) is 9.84 Å². The lowest BCUT2D eigenvalue weighted by Crippen LogP contribution is -2.09. The number of benzene rings is 2. The molecule has 21 heavy (non-hydrogen) atoms. The Bertz CT molecular complexity index is 679. The Morgan fingerprint density at radius 3 is 1.71 bits per heavy atom. The van der Waals surface area contributed by atoms with Crippen LogP contribution < -0.4 is 9.47 Å². The van der Waals surface area contributed by atoms with Crippen molar-refractivity contribution in [2.75, 3.05) is 19.5 Å². The van der Waals surface area contributed by atoms with Crippen molar-refractivity contribution in [2.24, 2.45) is 0 Å². The Morgan fingerprint density at radius 1 is 0.857 bits per heavy atom. The third kappa shape index (κ3) is 5.06. The maximum absolute atomic E-state index is 11.3. The zero-order chi connectivity index (χ0) is 15.3. The zero-order valence-electron chi connectivity index (χ0n) is 11.5. The van der Waals surface area contributed by atoms with E-state index in [1.54, 1.807) is 12.1 Å². The summed E-state index contributed by atoms with van der Waals surface area (Å²) < 4.78 is 34.6. The van der Waals surface area contributed by atoms with Crippen molar-refractivity contribution < 1.29 is 17.9 Å². The molecule has 112 valence electrons. The number of ether oxygens (including phenoxy) is 2. The van der Waals surface area contributed by atoms with Gasteiger partial charge in [-0.25, -0.2) is 8.42 Å². The van der Waals surface area contributed by atoms with Crippen LogP contribution >= 0.6 is 15.9 Å². The van der Waals surface area contributed by atoms with Crippen LogP contribution in [0.5, 0.6) is 11.5 Å². The van der Waals surface area contributed by atoms with Crippen LogP contribution in [0.3, 0.4) is 0 Å². The molecule has 2 aromatic rings. The largest absolute Gasteiger partial charge is 0.490 e. The first-order chi connectivity index (χ1) is 9.95. The molecule has 0 spiro atoms. The minimum atomic E-state index is -3.17. The van der Waals surface area contributed by atoms with E-state index in [1.807, 2.05) is 24.3 Å². The standard InChI is InChI=1S/C15H15BrO4S/c1-21(17,18)15-8-6-14(7-9-15)20-11-10-19-13-4-2-12(16)3-5-13/h2-9H,10-11H2,1H3. The molecule has 0 saturated heterocycles. The van der Waals surface area contributed by atoms with Crippen molar-refractivity contribution in [3.63, 3.8) is 0 Å². The van der Waals surface area contributed by atoms with Crippen LogP contribution in [0.2, 0.25) is 0 Å². The maximum atomic E-state index is 11.3. The first kappa shape index (κ1) is 15.9. The lowest BCUT2D eigenvalue weighted by molar-refractivity contribution is 0.217. The van der Waals surface area contributed by atoms with Crippen molar-refractivity contribution in [3.8, 4) is 11.5 Å². The van der Waals surface area contributed by atoms with Crippen LogP contribution in [0.25, 0.3) is 0 Å². The van der Waals surface area contributed by atoms with Crippen molar-refractivity contribution in [1.82, 2.24) is 0 Å². The van der Waals surface area contributed by atoms with Crippen LogP contribution in [0.4, 0.5) is 0 Å². The molecular formula is C15H15BrO4S. The molecule has 0 atom stereocenters. The Hall–Kier alpha value is -1.53. The van der Waals surface area contributed by atoms with Gasteiger partial charge in [-0.3, -0.25) is 0 Å². The summed E-state index contributed by atoms with van der Waals surface area (Å²) >= 11 is 3.35. The van der Waals surface area contributed by atoms with Gasteiger partial charge in [-0.05, 0) is 48.5 Å². The lowest BCUT2D eigenvalue weighted by Gasteiger charge is -2.08. The van der Waals surface area contributed by atoms with Crippen molar-refractivity contribution in [2.45, 2.75) is 4.90 Å². The highest BCUT2D eigenvalue weighted by Crippen LogP contribution is 2.17. The maximum Gasteiger partial charge on any atom is 0.175 e. The first-order valence-electron chi connectivity index (χ1n) is 6.26. The Labute approximate surface area is 132 Å². The molecule has 0 heterocycles. The highest BCUT2D eigenvalue weighted by Gasteiger charge is 2.06. The van der Waals surface area contributed by atoms with E-state index in [2.05, 4.69) is 15.9 Å². The molecule has 0 unspecified atom stereocenters. The van der Waals surface area contributed by atoms with Gasteiger partial charge in [0, 0.05) is 10.7 Å². The Morgan fingerprint density at radius 2 is 1.29 bits per heavy atom. The van der Waals surface area contributed by atoms with Gasteiger partial charge in [-0.15, -0.1) is 0 Å². The second-order valence-corrected chi connectivity index (χ2v) is 7.33. The lowest BCUT2D eigenvalue weighted by atomic mass is 10.3. The molecule has 0 radical (unpaired) electrons. The highest BCUT2D eigenvalue weighted by atomic mass is 79.9. The van der Waals surface area contributed by atoms with Crippen LogP contribution in [0, 0.1) is 0 Å². The van der Waals surface area contributed by atoms with E-state index >= 15 is 0 Å². The molecule has 0 amide bonds. The van der Waals surface area contributed by atoms with E-state index in [-0.39, 0.29) is 4.90 Å². The van der Waals surface area contributed by atoms with Crippen LogP contribution in [-0.4, -0.2) is 27.9 Å². The summed E-state index contributed by atoms with van der Waals surface area (Å²) in [6.07, 6.45) is 1.18. The van der Waals surface area contributed by atoms with Gasteiger partial charge in [0.2, 0.25) is 0 Å². The minimum absolute atomic E-state index is 0.279. The molecule has 0 N–H and O–H groups in total. The molecule has 4 nitrogen and oxygen atoms in total. The second-order valence-electron chi connectivity index (χ2n) is 4.39. The molecule has 2 rings (SSSR count). The summed E-state index contributed by atoms with van der Waals surface area (Å²) in [5, 5.41) is 0. The molecular weight excluding hydrogens is 356 g/mol. The van der Waals surface area contributed by atoms with E-state index in [9.17, 15) is 8.42 Å². The molecule has 2 aromatic carbocycles. The summed E-state index contributed by atoms with van der Waals surface area (Å²) in [7, 11) is -3.17. The summed E-state index contributed by atoms with van der Waals surface area (Å²) in [4.78, 5) is 0.279. The van der Waals surface area contributed by atoms with Gasteiger partial charge < -0.3 is 9.47 Å². The quantitative estimate of drug-likeness (QED) is 0.732. The number of rotatable bonds is 6. The van der Waals surface area contributed by atoms with E-state index in [4.69, 9.17) is 9.47 Å². The normalized spacial score (nSPS) is 11.1. The summed E-state index contributed by atoms with van der Waals surface area (Å²) in [5.41, 5.74) is 0. The Kier molecular flexibility index (Phi) is 5.25. The van der Waals surface area contributed by atoms with Crippen molar-refractivity contribution >= 4 is 25.8 Å².